The summed E-state index contributed by atoms with van der Waals surface area (Å²) in [6.45, 7) is 7.13. The highest BCUT2D eigenvalue weighted by Crippen LogP contribution is 2.19. The van der Waals surface area contributed by atoms with E-state index in [2.05, 4.69) is 5.32 Å². The van der Waals surface area contributed by atoms with Gasteiger partial charge in [0.15, 0.2) is 0 Å². The quantitative estimate of drug-likeness (QED) is 0.790. The van der Waals surface area contributed by atoms with Crippen LogP contribution in [-0.4, -0.2) is 53.3 Å². The number of nitrogens with one attached hydrogen (secondary N) is 1. The maximum absolute atomic E-state index is 12.1. The number of carboxylic acids is 1. The van der Waals surface area contributed by atoms with E-state index < -0.39 is 17.6 Å². The molecule has 104 valence electrons. The molecule has 0 aromatic heterocycles. The van der Waals surface area contributed by atoms with Gasteiger partial charge in [-0.15, -0.1) is 0 Å². The number of carbonyl (C=O) groups is 2. The summed E-state index contributed by atoms with van der Waals surface area (Å²) >= 11 is 0. The van der Waals surface area contributed by atoms with Crippen molar-refractivity contribution < 1.29 is 19.4 Å². The first-order valence-corrected chi connectivity index (χ1v) is 6.27. The van der Waals surface area contributed by atoms with Crippen LogP contribution in [0.3, 0.4) is 0 Å². The summed E-state index contributed by atoms with van der Waals surface area (Å²) < 4.78 is 5.33. The average molecular weight is 258 g/mol. The smallest absolute Gasteiger partial charge is 0.326 e. The molecule has 1 aliphatic heterocycles. The first kappa shape index (κ1) is 14.8. The third-order valence-corrected chi connectivity index (χ3v) is 3.06. The Kier molecular flexibility index (Phi) is 4.95. The van der Waals surface area contributed by atoms with Crippen LogP contribution in [0.4, 0.5) is 4.79 Å². The predicted octanol–water partition coefficient (Wildman–Crippen LogP) is 1.06. The van der Waals surface area contributed by atoms with Gasteiger partial charge in [0, 0.05) is 6.54 Å². The summed E-state index contributed by atoms with van der Waals surface area (Å²) in [7, 11) is 0. The molecule has 0 saturated carbocycles. The van der Waals surface area contributed by atoms with Crippen molar-refractivity contribution in [1.82, 2.24) is 10.2 Å². The van der Waals surface area contributed by atoms with Crippen molar-refractivity contribution in [1.29, 1.82) is 0 Å². The molecule has 1 fully saturated rings. The molecule has 18 heavy (non-hydrogen) atoms. The number of nitrogens with zero attached hydrogens (tertiary/aromatic N) is 1. The zero-order valence-electron chi connectivity index (χ0n) is 11.2. The fraction of sp³-hybridized carbons (Fsp3) is 0.833. The van der Waals surface area contributed by atoms with Gasteiger partial charge in [0.05, 0.1) is 18.8 Å². The fourth-order valence-corrected chi connectivity index (χ4v) is 2.01. The van der Waals surface area contributed by atoms with Crippen LogP contribution in [0.5, 0.6) is 0 Å². The molecule has 0 unspecified atom stereocenters. The number of aliphatic carboxylic acids is 1. The Bertz CT molecular complexity index is 317. The molecule has 0 aromatic rings. The van der Waals surface area contributed by atoms with E-state index in [4.69, 9.17) is 9.84 Å². The van der Waals surface area contributed by atoms with E-state index in [1.54, 1.807) is 4.90 Å². The number of hydrogen-bond donors (Lipinski definition) is 2. The van der Waals surface area contributed by atoms with Gasteiger partial charge in [-0.1, -0.05) is 13.3 Å². The fourth-order valence-electron chi connectivity index (χ4n) is 2.01. The largest absolute Gasteiger partial charge is 0.480 e. The highest BCUT2D eigenvalue weighted by Gasteiger charge is 2.35. The lowest BCUT2D eigenvalue weighted by Crippen LogP contribution is -2.60. The molecule has 1 saturated heterocycles. The molecule has 0 radical (unpaired) electrons. The van der Waals surface area contributed by atoms with Gasteiger partial charge in [-0.05, 0) is 20.3 Å². The number of carbonyl (C=O) groups excluding carboxylic acids is 1. The highest BCUT2D eigenvalue weighted by molar-refractivity contribution is 5.83. The molecule has 1 heterocycles. The zero-order chi connectivity index (χ0) is 13.8. The van der Waals surface area contributed by atoms with Gasteiger partial charge in [-0.2, -0.15) is 0 Å². The third kappa shape index (κ3) is 3.60. The maximum atomic E-state index is 12.1. The molecule has 6 heteroatoms. The van der Waals surface area contributed by atoms with Crippen LogP contribution in [-0.2, 0) is 9.53 Å². The standard InChI is InChI=1S/C12H22N2O4/c1-4-5-9(10(15)16)13-11(17)14-6-7-18-8-12(14,2)3/h9H,4-8H2,1-3H3,(H,13,17)(H,15,16)/t9-/m1/s1. The summed E-state index contributed by atoms with van der Waals surface area (Å²) in [6, 6.07) is -1.15. The lowest BCUT2D eigenvalue weighted by Gasteiger charge is -2.42. The highest BCUT2D eigenvalue weighted by atomic mass is 16.5. The molecular formula is C12H22N2O4. The number of morpholine rings is 1. The SMILES string of the molecule is CCC[C@@H](NC(=O)N1CCOCC1(C)C)C(=O)O. The Hall–Kier alpha value is -1.30. The first-order chi connectivity index (χ1) is 8.38. The number of ether oxygens (including phenoxy) is 1. The zero-order valence-corrected chi connectivity index (χ0v) is 11.2. The van der Waals surface area contributed by atoms with Crippen molar-refractivity contribution in [2.24, 2.45) is 0 Å². The van der Waals surface area contributed by atoms with Gasteiger partial charge in [-0.3, -0.25) is 0 Å². The predicted molar refractivity (Wildman–Crippen MR) is 66.5 cm³/mol. The second-order valence-corrected chi connectivity index (χ2v) is 5.15. The van der Waals surface area contributed by atoms with Gasteiger partial charge in [0.1, 0.15) is 6.04 Å². The number of hydrogen-bond acceptors (Lipinski definition) is 3. The Morgan fingerprint density at radius 3 is 2.67 bits per heavy atom. The van der Waals surface area contributed by atoms with Crippen LogP contribution in [0.2, 0.25) is 0 Å². The molecule has 0 aliphatic carbocycles. The molecule has 2 N–H and O–H groups in total. The monoisotopic (exact) mass is 258 g/mol. The Labute approximate surface area is 107 Å². The van der Waals surface area contributed by atoms with Gasteiger partial charge < -0.3 is 20.1 Å². The second-order valence-electron chi connectivity index (χ2n) is 5.15. The minimum atomic E-state index is -0.990. The van der Waals surface area contributed by atoms with Crippen LogP contribution in [0.25, 0.3) is 0 Å². The summed E-state index contributed by atoms with van der Waals surface area (Å²) in [5.41, 5.74) is -0.405. The summed E-state index contributed by atoms with van der Waals surface area (Å²) in [4.78, 5) is 24.8. The van der Waals surface area contributed by atoms with E-state index in [0.717, 1.165) is 0 Å². The number of amides is 2. The lowest BCUT2D eigenvalue weighted by atomic mass is 10.0. The van der Waals surface area contributed by atoms with E-state index >= 15 is 0 Å². The van der Waals surface area contributed by atoms with E-state index in [0.29, 0.717) is 32.6 Å². The topological polar surface area (TPSA) is 78.9 Å². The van der Waals surface area contributed by atoms with Crippen LogP contribution in [0, 0.1) is 0 Å². The Morgan fingerprint density at radius 2 is 2.17 bits per heavy atom. The minimum Gasteiger partial charge on any atom is -0.480 e. The summed E-state index contributed by atoms with van der Waals surface area (Å²) in [5, 5.41) is 11.6. The Balaban J connectivity index is 2.65. The molecule has 1 rings (SSSR count). The van der Waals surface area contributed by atoms with Crippen molar-refractivity contribution in [3.05, 3.63) is 0 Å². The molecule has 0 bridgehead atoms. The molecule has 6 nitrogen and oxygen atoms in total. The van der Waals surface area contributed by atoms with Gasteiger partial charge in [0.25, 0.3) is 0 Å². The second kappa shape index (κ2) is 6.04. The van der Waals surface area contributed by atoms with E-state index in [9.17, 15) is 9.59 Å². The van der Waals surface area contributed by atoms with Crippen LogP contribution < -0.4 is 5.32 Å². The normalized spacial score (nSPS) is 20.3. The number of urea groups is 1. The number of carboxylic acid groups (broad SMARTS) is 1. The first-order valence-electron chi connectivity index (χ1n) is 6.27. The van der Waals surface area contributed by atoms with E-state index in [-0.39, 0.29) is 6.03 Å². The average Bonchev–Trinajstić information content (AvgIpc) is 2.27. The van der Waals surface area contributed by atoms with Crippen molar-refractivity contribution in [3.63, 3.8) is 0 Å². The van der Waals surface area contributed by atoms with Gasteiger partial charge in [0.2, 0.25) is 0 Å². The van der Waals surface area contributed by atoms with Crippen molar-refractivity contribution in [2.45, 2.75) is 45.2 Å². The van der Waals surface area contributed by atoms with Crippen LogP contribution >= 0.6 is 0 Å². The number of rotatable bonds is 4. The van der Waals surface area contributed by atoms with Crippen LogP contribution in [0.1, 0.15) is 33.6 Å². The minimum absolute atomic E-state index is 0.329. The van der Waals surface area contributed by atoms with E-state index in [1.165, 1.54) is 0 Å². The molecule has 0 aromatic carbocycles. The molecule has 2 amide bonds. The van der Waals surface area contributed by atoms with Gasteiger partial charge >= 0.3 is 12.0 Å². The van der Waals surface area contributed by atoms with E-state index in [1.807, 2.05) is 20.8 Å². The molecule has 1 atom stereocenters. The lowest BCUT2D eigenvalue weighted by molar-refractivity contribution is -0.139. The summed E-state index contributed by atoms with van der Waals surface area (Å²) in [6.07, 6.45) is 1.15. The van der Waals surface area contributed by atoms with Crippen LogP contribution in [0.15, 0.2) is 0 Å². The Morgan fingerprint density at radius 1 is 1.50 bits per heavy atom. The molecule has 0 spiro atoms. The van der Waals surface area contributed by atoms with Crippen molar-refractivity contribution in [2.75, 3.05) is 19.8 Å². The molecule has 1 aliphatic rings. The maximum Gasteiger partial charge on any atom is 0.326 e. The third-order valence-electron chi connectivity index (χ3n) is 3.06. The summed E-state index contributed by atoms with van der Waals surface area (Å²) in [5.74, 6) is -0.990. The van der Waals surface area contributed by atoms with Crippen molar-refractivity contribution >= 4 is 12.0 Å². The van der Waals surface area contributed by atoms with Crippen molar-refractivity contribution in [3.8, 4) is 0 Å². The molecular weight excluding hydrogens is 236 g/mol. The van der Waals surface area contributed by atoms with Gasteiger partial charge in [-0.25, -0.2) is 9.59 Å².